The van der Waals surface area contributed by atoms with Gasteiger partial charge in [-0.2, -0.15) is 0 Å². The monoisotopic (exact) mass is 379 g/mol. The molecule has 0 aliphatic carbocycles. The number of aromatic amines is 1. The number of carbonyl (C=O) groups is 1. The number of amides is 1. The zero-order chi connectivity index (χ0) is 19.1. The average molecular weight is 379 g/mol. The first-order valence-corrected chi connectivity index (χ1v) is 9.35. The third-order valence-corrected chi connectivity index (χ3v) is 5.28. The third-order valence-electron chi connectivity index (χ3n) is 5.28. The summed E-state index contributed by atoms with van der Waals surface area (Å²) < 4.78 is 10.6. The summed E-state index contributed by atoms with van der Waals surface area (Å²) in [5.41, 5.74) is 3.37. The molecule has 8 nitrogen and oxygen atoms in total. The summed E-state index contributed by atoms with van der Waals surface area (Å²) in [6.07, 6.45) is 1.84. The van der Waals surface area contributed by atoms with Crippen molar-refractivity contribution in [3.05, 3.63) is 47.4 Å². The largest absolute Gasteiger partial charge is 0.497 e. The normalized spacial score (nSPS) is 16.5. The zero-order valence-electron chi connectivity index (χ0n) is 15.6. The fourth-order valence-electron chi connectivity index (χ4n) is 3.72. The molecule has 1 fully saturated rings. The Balaban J connectivity index is 1.36. The number of nitrogens with zero attached hydrogens (tertiary/aromatic N) is 4. The summed E-state index contributed by atoms with van der Waals surface area (Å²) in [5.74, 6) is 1.43. The fraction of sp³-hybridized carbons (Fsp3) is 0.350. The Morgan fingerprint density at radius 1 is 1.21 bits per heavy atom. The number of H-pyrrole nitrogens is 1. The molecule has 4 heterocycles. The summed E-state index contributed by atoms with van der Waals surface area (Å²) >= 11 is 0. The van der Waals surface area contributed by atoms with Crippen LogP contribution in [0.25, 0.3) is 10.9 Å². The van der Waals surface area contributed by atoms with E-state index in [4.69, 9.17) is 14.5 Å². The number of anilines is 1. The molecule has 28 heavy (non-hydrogen) atoms. The van der Waals surface area contributed by atoms with E-state index < -0.39 is 0 Å². The Kier molecular flexibility index (Phi) is 4.12. The van der Waals surface area contributed by atoms with Gasteiger partial charge in [0.25, 0.3) is 5.91 Å². The highest BCUT2D eigenvalue weighted by atomic mass is 16.5. The number of hydrogen-bond donors (Lipinski definition) is 1. The lowest BCUT2D eigenvalue weighted by atomic mass is 10.2. The molecule has 8 heteroatoms. The molecule has 0 saturated carbocycles. The van der Waals surface area contributed by atoms with Crippen molar-refractivity contribution >= 4 is 22.8 Å². The smallest absolute Gasteiger partial charge is 0.270 e. The van der Waals surface area contributed by atoms with E-state index in [0.29, 0.717) is 37.9 Å². The number of nitrogens with one attached hydrogen (secondary N) is 1. The van der Waals surface area contributed by atoms with Crippen LogP contribution in [0.4, 0.5) is 5.95 Å². The lowest BCUT2D eigenvalue weighted by Crippen LogP contribution is -2.37. The van der Waals surface area contributed by atoms with E-state index in [-0.39, 0.29) is 5.91 Å². The Bertz CT molecular complexity index is 1040. The van der Waals surface area contributed by atoms with Gasteiger partial charge in [-0.15, -0.1) is 0 Å². The number of aromatic nitrogens is 3. The van der Waals surface area contributed by atoms with Crippen molar-refractivity contribution in [2.75, 3.05) is 38.3 Å². The summed E-state index contributed by atoms with van der Waals surface area (Å²) in [4.78, 5) is 29.3. The van der Waals surface area contributed by atoms with Gasteiger partial charge < -0.3 is 24.3 Å². The van der Waals surface area contributed by atoms with Crippen molar-refractivity contribution < 1.29 is 14.3 Å². The Morgan fingerprint density at radius 3 is 2.89 bits per heavy atom. The van der Waals surface area contributed by atoms with Gasteiger partial charge in [-0.1, -0.05) is 0 Å². The number of morpholine rings is 1. The van der Waals surface area contributed by atoms with Crippen LogP contribution in [-0.4, -0.2) is 59.2 Å². The van der Waals surface area contributed by atoms with Gasteiger partial charge in [0.2, 0.25) is 5.95 Å². The molecule has 2 aromatic heterocycles. The van der Waals surface area contributed by atoms with Gasteiger partial charge in [0.1, 0.15) is 11.4 Å². The fourth-order valence-corrected chi connectivity index (χ4v) is 3.72. The SMILES string of the molecule is COc1ccc2cc(C(=O)N3Cc4cnc(N5CCOCC5)nc4C3)[nH]c2c1. The van der Waals surface area contributed by atoms with E-state index in [0.717, 1.165) is 41.0 Å². The van der Waals surface area contributed by atoms with Crippen molar-refractivity contribution in [2.45, 2.75) is 13.1 Å². The van der Waals surface area contributed by atoms with Crippen molar-refractivity contribution in [1.29, 1.82) is 0 Å². The highest BCUT2D eigenvalue weighted by Gasteiger charge is 2.28. The summed E-state index contributed by atoms with van der Waals surface area (Å²) in [5, 5.41) is 0.982. The van der Waals surface area contributed by atoms with Crippen LogP contribution in [0.5, 0.6) is 5.75 Å². The molecule has 0 atom stereocenters. The lowest BCUT2D eigenvalue weighted by Gasteiger charge is -2.26. The number of carbonyl (C=O) groups excluding carboxylic acids is 1. The van der Waals surface area contributed by atoms with Crippen LogP contribution in [0.3, 0.4) is 0 Å². The molecule has 0 radical (unpaired) electrons. The summed E-state index contributed by atoms with van der Waals surface area (Å²) in [6.45, 7) is 3.98. The number of hydrogen-bond acceptors (Lipinski definition) is 6. The van der Waals surface area contributed by atoms with Gasteiger partial charge in [-0.3, -0.25) is 4.79 Å². The van der Waals surface area contributed by atoms with Crippen molar-refractivity contribution in [1.82, 2.24) is 19.9 Å². The molecule has 5 rings (SSSR count). The van der Waals surface area contributed by atoms with E-state index >= 15 is 0 Å². The Labute approximate surface area is 162 Å². The molecule has 1 saturated heterocycles. The van der Waals surface area contributed by atoms with Crippen LogP contribution in [0.2, 0.25) is 0 Å². The first kappa shape index (κ1) is 17.0. The molecule has 2 aliphatic rings. The summed E-state index contributed by atoms with van der Waals surface area (Å²) in [7, 11) is 1.63. The van der Waals surface area contributed by atoms with Crippen LogP contribution < -0.4 is 9.64 Å². The minimum atomic E-state index is -0.0407. The second-order valence-corrected chi connectivity index (χ2v) is 7.04. The number of fused-ring (bicyclic) bond motifs is 2. The van der Waals surface area contributed by atoms with Crippen LogP contribution in [0, 0.1) is 0 Å². The molecule has 0 bridgehead atoms. The molecule has 144 valence electrons. The van der Waals surface area contributed by atoms with E-state index in [9.17, 15) is 4.79 Å². The van der Waals surface area contributed by atoms with E-state index in [1.807, 2.05) is 30.5 Å². The maximum atomic E-state index is 13.0. The number of methoxy groups -OCH3 is 1. The number of ether oxygens (including phenoxy) is 2. The van der Waals surface area contributed by atoms with E-state index in [2.05, 4.69) is 14.9 Å². The van der Waals surface area contributed by atoms with Gasteiger partial charge in [0, 0.05) is 48.4 Å². The Hall–Kier alpha value is -3.13. The standard InChI is InChI=1S/C20H21N5O3/c1-27-15-3-2-13-8-17(22-16(13)9-15)19(26)25-11-14-10-21-20(23-18(14)12-25)24-4-6-28-7-5-24/h2-3,8-10,22H,4-7,11-12H2,1H3. The van der Waals surface area contributed by atoms with Crippen LogP contribution in [-0.2, 0) is 17.8 Å². The van der Waals surface area contributed by atoms with E-state index in [1.54, 1.807) is 12.0 Å². The molecule has 2 aliphatic heterocycles. The first-order valence-electron chi connectivity index (χ1n) is 9.35. The van der Waals surface area contributed by atoms with Gasteiger partial charge in [-0.05, 0) is 18.2 Å². The second-order valence-electron chi connectivity index (χ2n) is 7.04. The molecule has 1 N–H and O–H groups in total. The van der Waals surface area contributed by atoms with Crippen LogP contribution in [0.1, 0.15) is 21.7 Å². The maximum absolute atomic E-state index is 13.0. The molecule has 1 aromatic carbocycles. The minimum Gasteiger partial charge on any atom is -0.497 e. The average Bonchev–Trinajstić information content (AvgIpc) is 3.36. The highest BCUT2D eigenvalue weighted by molar-refractivity contribution is 5.98. The quantitative estimate of drug-likeness (QED) is 0.749. The zero-order valence-corrected chi connectivity index (χ0v) is 15.6. The highest BCUT2D eigenvalue weighted by Crippen LogP contribution is 2.26. The molecule has 0 spiro atoms. The van der Waals surface area contributed by atoms with Crippen molar-refractivity contribution in [3.63, 3.8) is 0 Å². The van der Waals surface area contributed by atoms with Gasteiger partial charge in [0.05, 0.1) is 32.6 Å². The second kappa shape index (κ2) is 6.79. The van der Waals surface area contributed by atoms with Crippen molar-refractivity contribution in [2.24, 2.45) is 0 Å². The van der Waals surface area contributed by atoms with Crippen LogP contribution in [0.15, 0.2) is 30.5 Å². The van der Waals surface area contributed by atoms with Gasteiger partial charge in [0.15, 0.2) is 0 Å². The first-order chi connectivity index (χ1) is 13.7. The minimum absolute atomic E-state index is 0.0407. The molecular formula is C20H21N5O3. The number of rotatable bonds is 3. The molecule has 1 amide bonds. The molecular weight excluding hydrogens is 358 g/mol. The van der Waals surface area contributed by atoms with Crippen LogP contribution >= 0.6 is 0 Å². The summed E-state index contributed by atoms with van der Waals surface area (Å²) in [6, 6.07) is 7.61. The topological polar surface area (TPSA) is 83.6 Å². The van der Waals surface area contributed by atoms with Crippen molar-refractivity contribution in [3.8, 4) is 5.75 Å². The Morgan fingerprint density at radius 2 is 2.07 bits per heavy atom. The number of benzene rings is 1. The molecule has 3 aromatic rings. The third kappa shape index (κ3) is 2.95. The lowest BCUT2D eigenvalue weighted by molar-refractivity contribution is 0.0745. The predicted molar refractivity (Wildman–Crippen MR) is 103 cm³/mol. The van der Waals surface area contributed by atoms with Gasteiger partial charge in [-0.25, -0.2) is 9.97 Å². The predicted octanol–water partition coefficient (Wildman–Crippen LogP) is 1.96. The maximum Gasteiger partial charge on any atom is 0.270 e. The molecule has 0 unspecified atom stereocenters. The van der Waals surface area contributed by atoms with Gasteiger partial charge >= 0.3 is 0 Å². The van der Waals surface area contributed by atoms with E-state index in [1.165, 1.54) is 0 Å².